The number of nitrogens with zero attached hydrogens (tertiary/aromatic N) is 1. The molecule has 6 nitrogen and oxygen atoms in total. The third-order valence-electron chi connectivity index (χ3n) is 5.87. The van der Waals surface area contributed by atoms with Gasteiger partial charge in [0, 0.05) is 16.6 Å². The highest BCUT2D eigenvalue weighted by molar-refractivity contribution is 7.16. The molecule has 0 fully saturated rings. The van der Waals surface area contributed by atoms with E-state index in [0.717, 1.165) is 41.8 Å². The number of hydrogen-bond acceptors (Lipinski definition) is 6. The minimum atomic E-state index is -2.89. The zero-order chi connectivity index (χ0) is 24.2. The van der Waals surface area contributed by atoms with Crippen molar-refractivity contribution in [3.05, 3.63) is 94.4 Å². The Morgan fingerprint density at radius 3 is 2.60 bits per heavy atom. The highest BCUT2D eigenvalue weighted by Gasteiger charge is 2.29. The Bertz CT molecular complexity index is 1280. The van der Waals surface area contributed by atoms with Gasteiger partial charge in [0.2, 0.25) is 0 Å². The van der Waals surface area contributed by atoms with Gasteiger partial charge in [0.25, 0.3) is 5.91 Å². The van der Waals surface area contributed by atoms with Gasteiger partial charge in [-0.25, -0.2) is 4.98 Å². The van der Waals surface area contributed by atoms with Gasteiger partial charge in [0.05, 0.1) is 12.3 Å². The summed E-state index contributed by atoms with van der Waals surface area (Å²) in [5.41, 5.74) is 2.99. The van der Waals surface area contributed by atoms with Crippen LogP contribution in [0.4, 0.5) is 19.6 Å². The van der Waals surface area contributed by atoms with Crippen LogP contribution in [0.1, 0.15) is 51.0 Å². The van der Waals surface area contributed by atoms with Gasteiger partial charge >= 0.3 is 6.61 Å². The summed E-state index contributed by atoms with van der Waals surface area (Å²) in [6, 6.07) is 15.0. The molecule has 0 saturated heterocycles. The third kappa shape index (κ3) is 5.19. The molecular formula is C26H23F2N3O3S. The van der Waals surface area contributed by atoms with Crippen LogP contribution in [0.3, 0.4) is 0 Å². The van der Waals surface area contributed by atoms with Crippen molar-refractivity contribution in [1.82, 2.24) is 4.98 Å². The molecule has 1 atom stereocenters. The van der Waals surface area contributed by atoms with Gasteiger partial charge in [-0.2, -0.15) is 8.78 Å². The van der Waals surface area contributed by atoms with Crippen LogP contribution in [0.5, 0.6) is 5.75 Å². The molecule has 5 rings (SSSR count). The van der Waals surface area contributed by atoms with Gasteiger partial charge in [-0.15, -0.1) is 11.3 Å². The van der Waals surface area contributed by atoms with Crippen LogP contribution in [0.15, 0.2) is 71.5 Å². The summed E-state index contributed by atoms with van der Waals surface area (Å²) in [4.78, 5) is 18.5. The zero-order valence-corrected chi connectivity index (χ0v) is 19.5. The molecule has 3 aromatic heterocycles. The maximum Gasteiger partial charge on any atom is 0.387 e. The van der Waals surface area contributed by atoms with E-state index in [4.69, 9.17) is 4.42 Å². The summed E-state index contributed by atoms with van der Waals surface area (Å²) in [5, 5.41) is 7.27. The molecule has 0 saturated carbocycles. The van der Waals surface area contributed by atoms with E-state index >= 15 is 0 Å². The van der Waals surface area contributed by atoms with Gasteiger partial charge in [0.1, 0.15) is 16.6 Å². The molecule has 9 heteroatoms. The van der Waals surface area contributed by atoms with E-state index in [1.54, 1.807) is 41.8 Å². The normalized spacial score (nSPS) is 13.8. The van der Waals surface area contributed by atoms with Gasteiger partial charge in [-0.3, -0.25) is 4.79 Å². The number of pyridine rings is 1. The predicted octanol–water partition coefficient (Wildman–Crippen LogP) is 6.67. The third-order valence-corrected chi connectivity index (χ3v) is 7.09. The Hall–Kier alpha value is -3.72. The Balaban J connectivity index is 1.58. The second kappa shape index (κ2) is 10.3. The molecule has 4 aromatic rings. The first-order chi connectivity index (χ1) is 17.1. The van der Waals surface area contributed by atoms with Gasteiger partial charge in [-0.05, 0) is 73.2 Å². The smallest absolute Gasteiger partial charge is 0.387 e. The number of alkyl halides is 2. The average Bonchev–Trinajstić information content (AvgIpc) is 3.52. The average molecular weight is 496 g/mol. The molecule has 0 bridgehead atoms. The first kappa shape index (κ1) is 23.0. The number of aryl methyl sites for hydroxylation is 1. The number of furan rings is 1. The van der Waals surface area contributed by atoms with Crippen LogP contribution in [-0.4, -0.2) is 17.5 Å². The number of halogens is 2. The van der Waals surface area contributed by atoms with Crippen molar-refractivity contribution in [3.63, 3.8) is 0 Å². The van der Waals surface area contributed by atoms with E-state index in [-0.39, 0.29) is 23.5 Å². The van der Waals surface area contributed by atoms with Gasteiger partial charge < -0.3 is 19.8 Å². The molecule has 1 aromatic carbocycles. The summed E-state index contributed by atoms with van der Waals surface area (Å²) in [6.45, 7) is -2.89. The van der Waals surface area contributed by atoms with Crippen LogP contribution in [0.2, 0.25) is 0 Å². The lowest BCUT2D eigenvalue weighted by molar-refractivity contribution is -0.0498. The Morgan fingerprint density at radius 1 is 1.06 bits per heavy atom. The van der Waals surface area contributed by atoms with Gasteiger partial charge in [-0.1, -0.05) is 18.2 Å². The van der Waals surface area contributed by atoms with E-state index in [0.29, 0.717) is 5.82 Å². The molecule has 35 heavy (non-hydrogen) atoms. The van der Waals surface area contributed by atoms with E-state index in [1.165, 1.54) is 28.8 Å². The number of carbonyl (C=O) groups excluding carboxylic acids is 1. The Kier molecular flexibility index (Phi) is 6.76. The number of aromatic nitrogens is 1. The van der Waals surface area contributed by atoms with Crippen molar-refractivity contribution in [1.29, 1.82) is 0 Å². The molecule has 0 radical (unpaired) electrons. The first-order valence-electron chi connectivity index (χ1n) is 11.3. The molecule has 1 aliphatic rings. The molecule has 2 N–H and O–H groups in total. The summed E-state index contributed by atoms with van der Waals surface area (Å²) in [6.07, 6.45) is 7.15. The second-order valence-corrected chi connectivity index (χ2v) is 9.23. The lowest BCUT2D eigenvalue weighted by atomic mass is 9.89. The van der Waals surface area contributed by atoms with E-state index in [1.807, 2.05) is 18.2 Å². The number of fused-ring (bicyclic) bond motifs is 1. The van der Waals surface area contributed by atoms with E-state index in [9.17, 15) is 13.6 Å². The number of nitrogens with one attached hydrogen (secondary N) is 2. The predicted molar refractivity (Wildman–Crippen MR) is 130 cm³/mol. The maximum absolute atomic E-state index is 12.9. The van der Waals surface area contributed by atoms with E-state index in [2.05, 4.69) is 20.4 Å². The quantitative estimate of drug-likeness (QED) is 0.286. The summed E-state index contributed by atoms with van der Waals surface area (Å²) in [5.74, 6) is 0.640. The van der Waals surface area contributed by atoms with Crippen LogP contribution >= 0.6 is 11.3 Å². The minimum absolute atomic E-state index is 0.0824. The number of anilines is 2. The van der Waals surface area contributed by atoms with Crippen LogP contribution in [0, 0.1) is 0 Å². The number of ether oxygens (including phenoxy) is 1. The zero-order valence-electron chi connectivity index (χ0n) is 18.7. The van der Waals surface area contributed by atoms with Crippen molar-refractivity contribution in [2.75, 3.05) is 10.6 Å². The number of amides is 1. The molecule has 1 unspecified atom stereocenters. The maximum atomic E-state index is 12.9. The molecular weight excluding hydrogens is 472 g/mol. The molecule has 180 valence electrons. The molecule has 3 heterocycles. The van der Waals surface area contributed by atoms with Crippen LogP contribution in [-0.2, 0) is 12.8 Å². The number of carbonyl (C=O) groups is 1. The largest absolute Gasteiger partial charge is 0.459 e. The van der Waals surface area contributed by atoms with Crippen molar-refractivity contribution < 1.29 is 22.7 Å². The second-order valence-electron chi connectivity index (χ2n) is 8.12. The fourth-order valence-electron chi connectivity index (χ4n) is 4.32. The van der Waals surface area contributed by atoms with Gasteiger partial charge in [0.15, 0.2) is 5.76 Å². The Morgan fingerprint density at radius 2 is 1.89 bits per heavy atom. The summed E-state index contributed by atoms with van der Waals surface area (Å²) >= 11 is 1.57. The summed E-state index contributed by atoms with van der Waals surface area (Å²) < 4.78 is 35.2. The summed E-state index contributed by atoms with van der Waals surface area (Å²) in [7, 11) is 0. The molecule has 0 aliphatic heterocycles. The topological polar surface area (TPSA) is 76.4 Å². The highest BCUT2D eigenvalue weighted by atomic mass is 32.1. The number of rotatable bonds is 8. The van der Waals surface area contributed by atoms with Crippen molar-refractivity contribution in [2.24, 2.45) is 0 Å². The fourth-order valence-corrected chi connectivity index (χ4v) is 5.64. The first-order valence-corrected chi connectivity index (χ1v) is 12.1. The van der Waals surface area contributed by atoms with Crippen molar-refractivity contribution in [2.45, 2.75) is 38.3 Å². The van der Waals surface area contributed by atoms with E-state index < -0.39 is 6.61 Å². The molecule has 1 amide bonds. The molecule has 0 spiro atoms. The SMILES string of the molecule is O=C(Nc1sc2c(c1C(Nc1ccccn1)c1ccc(OC(F)F)cc1)CCCC2)c1ccco1. The van der Waals surface area contributed by atoms with Crippen molar-refractivity contribution >= 4 is 28.1 Å². The lowest BCUT2D eigenvalue weighted by Gasteiger charge is -2.24. The standard InChI is InChI=1S/C26H23F2N3O3S/c27-26(28)34-17-12-10-16(11-13-17)23(30-21-9-3-4-14-29-21)22-18-6-1-2-8-20(18)35-25(22)31-24(32)19-7-5-15-33-19/h3-5,7,9-15,23,26H,1-2,6,8H2,(H,29,30)(H,31,32). The Labute approximate surface area is 205 Å². The van der Waals surface area contributed by atoms with Crippen molar-refractivity contribution in [3.8, 4) is 5.75 Å². The van der Waals surface area contributed by atoms with Crippen LogP contribution < -0.4 is 15.4 Å². The number of benzene rings is 1. The van der Waals surface area contributed by atoms with Crippen LogP contribution in [0.25, 0.3) is 0 Å². The lowest BCUT2D eigenvalue weighted by Crippen LogP contribution is -2.18. The fraction of sp³-hybridized carbons (Fsp3) is 0.231. The number of hydrogen-bond donors (Lipinski definition) is 2. The monoisotopic (exact) mass is 495 g/mol. The highest BCUT2D eigenvalue weighted by Crippen LogP contribution is 2.44. The molecule has 1 aliphatic carbocycles. The minimum Gasteiger partial charge on any atom is -0.459 e. The number of thiophene rings is 1.